The molecule has 0 bridgehead atoms. The molecule has 0 saturated carbocycles. The van der Waals surface area contributed by atoms with E-state index in [-0.39, 0.29) is 0 Å². The Morgan fingerprint density at radius 1 is 0.923 bits per heavy atom. The van der Waals surface area contributed by atoms with Crippen molar-refractivity contribution in [3.05, 3.63) is 29.3 Å². The Bertz CT molecular complexity index is 244. The van der Waals surface area contributed by atoms with Crippen LogP contribution in [0, 0.1) is 0 Å². The minimum Gasteiger partial charge on any atom is -0.385 e. The Kier molecular flexibility index (Phi) is 3.81. The van der Waals surface area contributed by atoms with E-state index in [0.717, 1.165) is 19.4 Å². The van der Waals surface area contributed by atoms with Gasteiger partial charge >= 0.3 is 0 Å². The zero-order chi connectivity index (χ0) is 9.68. The summed E-state index contributed by atoms with van der Waals surface area (Å²) >= 11 is 0. The lowest BCUT2D eigenvalue weighted by Gasteiger charge is -2.08. The summed E-state index contributed by atoms with van der Waals surface area (Å²) in [5.74, 6) is 0. The largest absolute Gasteiger partial charge is 0.385 e. The SMILES string of the molecule is CCNc1cc(CC)cc(CC)c1. The highest BCUT2D eigenvalue weighted by atomic mass is 14.8. The number of anilines is 1. The van der Waals surface area contributed by atoms with Gasteiger partial charge in [0.25, 0.3) is 0 Å². The molecule has 1 N–H and O–H groups in total. The van der Waals surface area contributed by atoms with Crippen LogP contribution in [-0.2, 0) is 12.8 Å². The van der Waals surface area contributed by atoms with Crippen LogP contribution >= 0.6 is 0 Å². The number of hydrogen-bond donors (Lipinski definition) is 1. The van der Waals surface area contributed by atoms with Gasteiger partial charge in [0.15, 0.2) is 0 Å². The Morgan fingerprint density at radius 3 is 1.85 bits per heavy atom. The lowest BCUT2D eigenvalue weighted by atomic mass is 10.1. The molecule has 0 aliphatic heterocycles. The topological polar surface area (TPSA) is 12.0 Å². The summed E-state index contributed by atoms with van der Waals surface area (Å²) < 4.78 is 0. The Balaban J connectivity index is 2.93. The fourth-order valence-electron chi connectivity index (χ4n) is 1.48. The smallest absolute Gasteiger partial charge is 0.0345 e. The Labute approximate surface area is 81.2 Å². The molecule has 1 rings (SSSR count). The molecular formula is C12H19N. The minimum absolute atomic E-state index is 0.996. The van der Waals surface area contributed by atoms with Crippen LogP contribution in [0.4, 0.5) is 5.69 Å². The predicted octanol–water partition coefficient (Wildman–Crippen LogP) is 3.24. The van der Waals surface area contributed by atoms with Gasteiger partial charge in [-0.2, -0.15) is 0 Å². The van der Waals surface area contributed by atoms with E-state index in [1.165, 1.54) is 16.8 Å². The monoisotopic (exact) mass is 177 g/mol. The van der Waals surface area contributed by atoms with E-state index in [1.807, 2.05) is 0 Å². The second-order valence-electron chi connectivity index (χ2n) is 3.28. The van der Waals surface area contributed by atoms with Crippen LogP contribution in [0.1, 0.15) is 31.9 Å². The van der Waals surface area contributed by atoms with Gasteiger partial charge in [0.05, 0.1) is 0 Å². The van der Waals surface area contributed by atoms with Crippen molar-refractivity contribution in [2.24, 2.45) is 0 Å². The summed E-state index contributed by atoms with van der Waals surface area (Å²) in [5, 5.41) is 3.36. The molecule has 0 amide bonds. The Morgan fingerprint density at radius 2 is 1.46 bits per heavy atom. The molecule has 0 aromatic heterocycles. The van der Waals surface area contributed by atoms with Gasteiger partial charge in [0, 0.05) is 12.2 Å². The summed E-state index contributed by atoms with van der Waals surface area (Å²) in [6.45, 7) is 7.52. The van der Waals surface area contributed by atoms with Gasteiger partial charge in [-0.05, 0) is 43.0 Å². The second kappa shape index (κ2) is 4.90. The maximum Gasteiger partial charge on any atom is 0.0345 e. The predicted molar refractivity (Wildman–Crippen MR) is 59.4 cm³/mol. The highest BCUT2D eigenvalue weighted by molar-refractivity contribution is 5.48. The zero-order valence-corrected chi connectivity index (χ0v) is 8.85. The average Bonchev–Trinajstić information content (AvgIpc) is 2.17. The number of rotatable bonds is 4. The third kappa shape index (κ3) is 2.76. The molecule has 0 heterocycles. The van der Waals surface area contributed by atoms with E-state index in [0.29, 0.717) is 0 Å². The average molecular weight is 177 g/mol. The molecule has 0 atom stereocenters. The molecule has 1 heteroatoms. The lowest BCUT2D eigenvalue weighted by molar-refractivity contribution is 1.08. The van der Waals surface area contributed by atoms with Crippen molar-refractivity contribution < 1.29 is 0 Å². The van der Waals surface area contributed by atoms with Crippen LogP contribution in [-0.4, -0.2) is 6.54 Å². The molecule has 1 nitrogen and oxygen atoms in total. The number of nitrogens with one attached hydrogen (secondary N) is 1. The fourth-order valence-corrected chi connectivity index (χ4v) is 1.48. The Hall–Kier alpha value is -0.980. The van der Waals surface area contributed by atoms with Gasteiger partial charge in [0.2, 0.25) is 0 Å². The van der Waals surface area contributed by atoms with Gasteiger partial charge in [0.1, 0.15) is 0 Å². The summed E-state index contributed by atoms with van der Waals surface area (Å²) in [6, 6.07) is 6.77. The third-order valence-electron chi connectivity index (χ3n) is 2.25. The van der Waals surface area contributed by atoms with Crippen LogP contribution in [0.3, 0.4) is 0 Å². The number of aryl methyl sites for hydroxylation is 2. The quantitative estimate of drug-likeness (QED) is 0.744. The van der Waals surface area contributed by atoms with Gasteiger partial charge in [-0.15, -0.1) is 0 Å². The minimum atomic E-state index is 0.996. The zero-order valence-electron chi connectivity index (χ0n) is 8.85. The molecule has 0 saturated heterocycles. The van der Waals surface area contributed by atoms with Crippen molar-refractivity contribution >= 4 is 5.69 Å². The van der Waals surface area contributed by atoms with Crippen LogP contribution in [0.15, 0.2) is 18.2 Å². The highest BCUT2D eigenvalue weighted by Crippen LogP contribution is 2.15. The number of benzene rings is 1. The summed E-state index contributed by atoms with van der Waals surface area (Å²) in [5.41, 5.74) is 4.12. The molecule has 0 unspecified atom stereocenters. The molecule has 1 aromatic rings. The van der Waals surface area contributed by atoms with E-state index < -0.39 is 0 Å². The summed E-state index contributed by atoms with van der Waals surface area (Å²) in [6.07, 6.45) is 2.23. The van der Waals surface area contributed by atoms with E-state index in [1.54, 1.807) is 0 Å². The molecule has 0 aliphatic rings. The van der Waals surface area contributed by atoms with Crippen LogP contribution in [0.2, 0.25) is 0 Å². The van der Waals surface area contributed by atoms with Crippen molar-refractivity contribution in [3.63, 3.8) is 0 Å². The van der Waals surface area contributed by atoms with Gasteiger partial charge in [-0.3, -0.25) is 0 Å². The molecule has 1 aromatic carbocycles. The molecular weight excluding hydrogens is 158 g/mol. The molecule has 0 radical (unpaired) electrons. The van der Waals surface area contributed by atoms with Crippen molar-refractivity contribution in [2.45, 2.75) is 33.6 Å². The molecule has 72 valence electrons. The highest BCUT2D eigenvalue weighted by Gasteiger charge is 1.97. The lowest BCUT2D eigenvalue weighted by Crippen LogP contribution is -1.98. The molecule has 13 heavy (non-hydrogen) atoms. The first kappa shape index (κ1) is 10.1. The first-order valence-corrected chi connectivity index (χ1v) is 5.16. The van der Waals surface area contributed by atoms with Crippen LogP contribution in [0.5, 0.6) is 0 Å². The normalized spacial score (nSPS) is 10.1. The van der Waals surface area contributed by atoms with Crippen molar-refractivity contribution in [1.29, 1.82) is 0 Å². The molecule has 0 spiro atoms. The van der Waals surface area contributed by atoms with E-state index in [2.05, 4.69) is 44.3 Å². The maximum absolute atomic E-state index is 3.36. The fraction of sp³-hybridized carbons (Fsp3) is 0.500. The molecule has 0 aliphatic carbocycles. The maximum atomic E-state index is 3.36. The number of hydrogen-bond acceptors (Lipinski definition) is 1. The van der Waals surface area contributed by atoms with Crippen molar-refractivity contribution in [2.75, 3.05) is 11.9 Å². The van der Waals surface area contributed by atoms with E-state index in [9.17, 15) is 0 Å². The first-order valence-electron chi connectivity index (χ1n) is 5.16. The van der Waals surface area contributed by atoms with Gasteiger partial charge in [-0.1, -0.05) is 19.9 Å². The standard InChI is InChI=1S/C12H19N/c1-4-10-7-11(5-2)9-12(8-10)13-6-3/h7-9,13H,4-6H2,1-3H3. The van der Waals surface area contributed by atoms with Crippen molar-refractivity contribution in [3.8, 4) is 0 Å². The summed E-state index contributed by atoms with van der Waals surface area (Å²) in [7, 11) is 0. The molecule has 0 fully saturated rings. The van der Waals surface area contributed by atoms with Crippen molar-refractivity contribution in [1.82, 2.24) is 0 Å². The van der Waals surface area contributed by atoms with Gasteiger partial charge in [-0.25, -0.2) is 0 Å². The van der Waals surface area contributed by atoms with E-state index >= 15 is 0 Å². The first-order chi connectivity index (χ1) is 6.30. The third-order valence-corrected chi connectivity index (χ3v) is 2.25. The van der Waals surface area contributed by atoms with E-state index in [4.69, 9.17) is 0 Å². The van der Waals surface area contributed by atoms with Crippen LogP contribution < -0.4 is 5.32 Å². The second-order valence-corrected chi connectivity index (χ2v) is 3.28. The van der Waals surface area contributed by atoms with Crippen LogP contribution in [0.25, 0.3) is 0 Å². The van der Waals surface area contributed by atoms with Gasteiger partial charge < -0.3 is 5.32 Å². The summed E-state index contributed by atoms with van der Waals surface area (Å²) in [4.78, 5) is 0.